The van der Waals surface area contributed by atoms with Crippen LogP contribution in [-0.2, 0) is 20.6 Å². The van der Waals surface area contributed by atoms with Gasteiger partial charge in [0.2, 0.25) is 0 Å². The minimum Gasteiger partial charge on any atom is -0.459 e. The van der Waals surface area contributed by atoms with Gasteiger partial charge in [-0.3, -0.25) is 0 Å². The van der Waals surface area contributed by atoms with E-state index in [-0.39, 0.29) is 17.1 Å². The number of rotatable bonds is 6. The summed E-state index contributed by atoms with van der Waals surface area (Å²) in [5.41, 5.74) is 1.01. The lowest BCUT2D eigenvalue weighted by molar-refractivity contribution is -0.155. The van der Waals surface area contributed by atoms with Crippen LogP contribution in [0.4, 0.5) is 0 Å². The van der Waals surface area contributed by atoms with Gasteiger partial charge < -0.3 is 9.16 Å². The Morgan fingerprint density at radius 2 is 1.82 bits per heavy atom. The molecule has 1 aliphatic carbocycles. The van der Waals surface area contributed by atoms with Crippen LogP contribution in [0.25, 0.3) is 0 Å². The second-order valence-corrected chi connectivity index (χ2v) is 12.5. The Kier molecular flexibility index (Phi) is 5.13. The molecule has 22 heavy (non-hydrogen) atoms. The van der Waals surface area contributed by atoms with Crippen LogP contribution in [0, 0.1) is 5.92 Å². The third-order valence-electron chi connectivity index (χ3n) is 4.73. The van der Waals surface area contributed by atoms with E-state index >= 15 is 0 Å². The standard InChI is InChI=1S/C18H28O3Si/c1-18(2,3)22(4,5)21-16(15-11-12-15)17(19)20-13-14-9-7-6-8-10-14/h6-10,15-16H,11-13H2,1-5H3. The highest BCUT2D eigenvalue weighted by Crippen LogP contribution is 2.42. The molecule has 1 fully saturated rings. The van der Waals surface area contributed by atoms with Crippen molar-refractivity contribution in [1.82, 2.24) is 0 Å². The van der Waals surface area contributed by atoms with E-state index in [4.69, 9.17) is 9.16 Å². The fourth-order valence-electron chi connectivity index (χ4n) is 2.04. The van der Waals surface area contributed by atoms with E-state index in [1.54, 1.807) is 0 Å². The molecule has 0 amide bonds. The van der Waals surface area contributed by atoms with Gasteiger partial charge in [-0.05, 0) is 42.5 Å². The highest BCUT2D eigenvalue weighted by molar-refractivity contribution is 6.74. The maximum atomic E-state index is 12.5. The molecule has 4 heteroatoms. The second kappa shape index (κ2) is 6.55. The highest BCUT2D eigenvalue weighted by Gasteiger charge is 2.46. The quantitative estimate of drug-likeness (QED) is 0.570. The Hall–Kier alpha value is -1.13. The molecular formula is C18H28O3Si. The monoisotopic (exact) mass is 320 g/mol. The van der Waals surface area contributed by atoms with Crippen LogP contribution in [0.3, 0.4) is 0 Å². The van der Waals surface area contributed by atoms with Crippen molar-refractivity contribution < 1.29 is 14.0 Å². The predicted octanol–water partition coefficient (Wildman–Crippen LogP) is 4.53. The van der Waals surface area contributed by atoms with Crippen molar-refractivity contribution in [3.05, 3.63) is 35.9 Å². The molecule has 1 atom stereocenters. The van der Waals surface area contributed by atoms with E-state index in [1.165, 1.54) is 0 Å². The van der Waals surface area contributed by atoms with Crippen molar-refractivity contribution in [2.45, 2.75) is 64.5 Å². The molecule has 0 aliphatic heterocycles. The molecule has 1 saturated carbocycles. The third kappa shape index (κ3) is 4.43. The normalized spacial score (nSPS) is 17.1. The number of carbonyl (C=O) groups is 1. The van der Waals surface area contributed by atoms with Crippen molar-refractivity contribution in [2.24, 2.45) is 5.92 Å². The zero-order valence-electron chi connectivity index (χ0n) is 14.4. The SMILES string of the molecule is CC(C)(C)[Si](C)(C)OC(C(=O)OCc1ccccc1)C1CC1. The number of benzene rings is 1. The Balaban J connectivity index is 1.98. The van der Waals surface area contributed by atoms with Crippen LogP contribution < -0.4 is 0 Å². The summed E-state index contributed by atoms with van der Waals surface area (Å²) in [5, 5.41) is 0.0971. The van der Waals surface area contributed by atoms with Crippen LogP contribution in [-0.4, -0.2) is 20.4 Å². The highest BCUT2D eigenvalue weighted by atomic mass is 28.4. The molecule has 0 heterocycles. The summed E-state index contributed by atoms with van der Waals surface area (Å²) >= 11 is 0. The van der Waals surface area contributed by atoms with Crippen molar-refractivity contribution in [3.8, 4) is 0 Å². The van der Waals surface area contributed by atoms with Crippen molar-refractivity contribution >= 4 is 14.3 Å². The molecule has 1 aliphatic rings. The Morgan fingerprint density at radius 3 is 2.32 bits per heavy atom. The van der Waals surface area contributed by atoms with E-state index in [0.717, 1.165) is 18.4 Å². The lowest BCUT2D eigenvalue weighted by Crippen LogP contribution is -2.47. The summed E-state index contributed by atoms with van der Waals surface area (Å²) in [6.45, 7) is 11.3. The summed E-state index contributed by atoms with van der Waals surface area (Å²) in [7, 11) is -1.96. The van der Waals surface area contributed by atoms with E-state index in [9.17, 15) is 4.79 Å². The van der Waals surface area contributed by atoms with Gasteiger partial charge in [0.25, 0.3) is 0 Å². The minimum absolute atomic E-state index is 0.0971. The molecule has 122 valence electrons. The van der Waals surface area contributed by atoms with Gasteiger partial charge in [-0.25, -0.2) is 4.79 Å². The van der Waals surface area contributed by atoms with Gasteiger partial charge >= 0.3 is 5.97 Å². The molecule has 3 nitrogen and oxygen atoms in total. The van der Waals surface area contributed by atoms with Gasteiger partial charge in [-0.15, -0.1) is 0 Å². The zero-order chi connectivity index (χ0) is 16.4. The maximum absolute atomic E-state index is 12.5. The van der Waals surface area contributed by atoms with Crippen LogP contribution in [0.2, 0.25) is 18.1 Å². The van der Waals surface area contributed by atoms with E-state index in [0.29, 0.717) is 12.5 Å². The van der Waals surface area contributed by atoms with Gasteiger partial charge in [0.05, 0.1) is 0 Å². The third-order valence-corrected chi connectivity index (χ3v) is 9.19. The molecule has 0 N–H and O–H groups in total. The van der Waals surface area contributed by atoms with E-state index in [1.807, 2.05) is 30.3 Å². The summed E-state index contributed by atoms with van der Waals surface area (Å²) in [4.78, 5) is 12.5. The average Bonchev–Trinajstić information content (AvgIpc) is 3.26. The lowest BCUT2D eigenvalue weighted by atomic mass is 10.2. The largest absolute Gasteiger partial charge is 0.459 e. The molecule has 1 aromatic carbocycles. The topological polar surface area (TPSA) is 35.5 Å². The first-order chi connectivity index (χ1) is 10.2. The molecule has 0 saturated heterocycles. The molecule has 1 unspecified atom stereocenters. The number of hydrogen-bond acceptors (Lipinski definition) is 3. The van der Waals surface area contributed by atoms with Crippen LogP contribution in [0.1, 0.15) is 39.2 Å². The number of carbonyl (C=O) groups excluding carboxylic acids is 1. The van der Waals surface area contributed by atoms with Gasteiger partial charge in [0.1, 0.15) is 12.7 Å². The summed E-state index contributed by atoms with van der Waals surface area (Å²) < 4.78 is 11.8. The molecule has 0 aromatic heterocycles. The summed E-state index contributed by atoms with van der Waals surface area (Å²) in [6, 6.07) is 9.79. The zero-order valence-corrected chi connectivity index (χ0v) is 15.4. The molecule has 2 rings (SSSR count). The van der Waals surface area contributed by atoms with Gasteiger partial charge in [-0.1, -0.05) is 51.1 Å². The first-order valence-electron chi connectivity index (χ1n) is 8.09. The van der Waals surface area contributed by atoms with Crippen molar-refractivity contribution in [2.75, 3.05) is 0 Å². The van der Waals surface area contributed by atoms with Gasteiger partial charge in [-0.2, -0.15) is 0 Å². The first kappa shape index (κ1) is 17.2. The minimum atomic E-state index is -1.96. The van der Waals surface area contributed by atoms with Crippen molar-refractivity contribution in [1.29, 1.82) is 0 Å². The van der Waals surface area contributed by atoms with Crippen LogP contribution in [0.5, 0.6) is 0 Å². The second-order valence-electron chi connectivity index (χ2n) is 7.73. The molecular weight excluding hydrogens is 292 g/mol. The first-order valence-corrected chi connectivity index (χ1v) is 11.0. The molecule has 1 aromatic rings. The number of ether oxygens (including phenoxy) is 1. The number of hydrogen-bond donors (Lipinski definition) is 0. The Morgan fingerprint density at radius 1 is 1.23 bits per heavy atom. The molecule has 0 bridgehead atoms. The van der Waals surface area contributed by atoms with E-state index < -0.39 is 8.32 Å². The Bertz CT molecular complexity index is 501. The average molecular weight is 321 g/mol. The van der Waals surface area contributed by atoms with Crippen LogP contribution in [0.15, 0.2) is 30.3 Å². The molecule has 0 spiro atoms. The lowest BCUT2D eigenvalue weighted by Gasteiger charge is -2.38. The van der Waals surface area contributed by atoms with Crippen LogP contribution >= 0.6 is 0 Å². The predicted molar refractivity (Wildman–Crippen MR) is 91.0 cm³/mol. The summed E-state index contributed by atoms with van der Waals surface area (Å²) in [6.07, 6.45) is 1.75. The maximum Gasteiger partial charge on any atom is 0.334 e. The number of esters is 1. The smallest absolute Gasteiger partial charge is 0.334 e. The fraction of sp³-hybridized carbons (Fsp3) is 0.611. The van der Waals surface area contributed by atoms with Gasteiger partial charge in [0, 0.05) is 0 Å². The van der Waals surface area contributed by atoms with Gasteiger partial charge in [0.15, 0.2) is 8.32 Å². The van der Waals surface area contributed by atoms with Crippen molar-refractivity contribution in [3.63, 3.8) is 0 Å². The summed E-state index contributed by atoms with van der Waals surface area (Å²) in [5.74, 6) is 0.147. The fourth-order valence-corrected chi connectivity index (χ4v) is 3.32. The Labute approximate surface area is 135 Å². The molecule has 0 radical (unpaired) electrons. The van der Waals surface area contributed by atoms with E-state index in [2.05, 4.69) is 33.9 Å².